The Morgan fingerprint density at radius 3 is 0.833 bits per heavy atom. The average Bonchev–Trinajstić information content (AvgIpc) is 1.54. The second-order valence-electron chi connectivity index (χ2n) is 23.1. The first-order valence-corrected chi connectivity index (χ1v) is 32.9. The molecule has 0 aromatic heterocycles. The van der Waals surface area contributed by atoms with Gasteiger partial charge in [-0.2, -0.15) is 0 Å². The number of rotatable bonds is 13. The molecule has 2 aliphatic rings. The molecule has 14 aromatic rings. The normalized spacial score (nSPS) is 13.5. The minimum Gasteiger partial charge on any atom is -0.457 e. The quantitative estimate of drug-likeness (QED) is 0.114. The molecule has 430 valence electrons. The van der Waals surface area contributed by atoms with Crippen molar-refractivity contribution < 1.29 is 26.3 Å². The van der Waals surface area contributed by atoms with Crippen LogP contribution in [0.15, 0.2) is 347 Å². The Hall–Kier alpha value is -10.9. The molecule has 0 heterocycles. The van der Waals surface area contributed by atoms with Gasteiger partial charge in [0.25, 0.3) is 0 Å². The fraction of sp³-hybridized carbons (Fsp3) is 0.0244. The molecule has 0 unspecified atom stereocenters. The standard InChI is InChI=1S/C82H54O6S2/c83-89(84,69-15-3-1-4-16-69)71-47-43-65(44-48-71)87-67-41-33-57-51-63(39-31-59(57)53-67)81(77-23-11-7-19-73(77)74-20-8-12-24-78(74)81)61-35-27-55(28-36-61)56-29-37-62(38-30-56)82(79-25-13-9-21-75(79)76-22-10-14-26-80(76)82)64-40-32-60-54-68(42-34-58(60)52-64)88-66-45-49-72(50-46-66)90(85,86)70-17-5-2-6-18-70/h1-54H. The molecule has 0 saturated carbocycles. The topological polar surface area (TPSA) is 86.7 Å². The lowest BCUT2D eigenvalue weighted by atomic mass is 9.67. The van der Waals surface area contributed by atoms with Crippen LogP contribution in [0.4, 0.5) is 0 Å². The third kappa shape index (κ3) is 8.81. The maximum Gasteiger partial charge on any atom is 0.206 e. The van der Waals surface area contributed by atoms with E-state index < -0.39 is 30.5 Å². The predicted octanol–water partition coefficient (Wildman–Crippen LogP) is 19.6. The van der Waals surface area contributed by atoms with Gasteiger partial charge in [0.15, 0.2) is 0 Å². The second kappa shape index (κ2) is 21.5. The molecule has 0 radical (unpaired) electrons. The lowest BCUT2D eigenvalue weighted by Crippen LogP contribution is -2.28. The van der Waals surface area contributed by atoms with Gasteiger partial charge in [0.2, 0.25) is 19.7 Å². The Balaban J connectivity index is 0.723. The van der Waals surface area contributed by atoms with E-state index in [2.05, 4.69) is 194 Å². The fourth-order valence-corrected chi connectivity index (χ4v) is 16.6. The van der Waals surface area contributed by atoms with Crippen LogP contribution in [0.3, 0.4) is 0 Å². The first-order valence-electron chi connectivity index (χ1n) is 29.9. The van der Waals surface area contributed by atoms with Gasteiger partial charge in [-0.15, -0.1) is 0 Å². The fourth-order valence-electron chi connectivity index (χ4n) is 14.0. The Morgan fingerprint density at radius 2 is 0.489 bits per heavy atom. The summed E-state index contributed by atoms with van der Waals surface area (Å²) in [6.07, 6.45) is 0. The summed E-state index contributed by atoms with van der Waals surface area (Å²) in [7, 11) is -7.32. The van der Waals surface area contributed by atoms with Gasteiger partial charge >= 0.3 is 0 Å². The molecule has 0 bridgehead atoms. The van der Waals surface area contributed by atoms with Crippen LogP contribution < -0.4 is 9.47 Å². The van der Waals surface area contributed by atoms with Crippen molar-refractivity contribution in [2.24, 2.45) is 0 Å². The van der Waals surface area contributed by atoms with E-state index in [-0.39, 0.29) is 19.6 Å². The monoisotopic (exact) mass is 1200 g/mol. The first kappa shape index (κ1) is 54.5. The highest BCUT2D eigenvalue weighted by molar-refractivity contribution is 7.91. The van der Waals surface area contributed by atoms with E-state index in [9.17, 15) is 16.8 Å². The van der Waals surface area contributed by atoms with Crippen molar-refractivity contribution in [3.05, 3.63) is 372 Å². The zero-order valence-corrected chi connectivity index (χ0v) is 50.1. The van der Waals surface area contributed by atoms with Crippen LogP contribution in [-0.2, 0) is 30.5 Å². The van der Waals surface area contributed by atoms with Crippen molar-refractivity contribution in [2.45, 2.75) is 30.4 Å². The van der Waals surface area contributed by atoms with Crippen LogP contribution in [-0.4, -0.2) is 16.8 Å². The third-order valence-corrected chi connectivity index (χ3v) is 21.8. The van der Waals surface area contributed by atoms with Crippen LogP contribution in [0.2, 0.25) is 0 Å². The van der Waals surface area contributed by atoms with Crippen LogP contribution in [0.25, 0.3) is 54.9 Å². The molecular weight excluding hydrogens is 1150 g/mol. The molecule has 0 saturated heterocycles. The van der Waals surface area contributed by atoms with Gasteiger partial charge in [0.05, 0.1) is 30.4 Å². The van der Waals surface area contributed by atoms with Gasteiger partial charge in [-0.3, -0.25) is 0 Å². The summed E-state index contributed by atoms with van der Waals surface area (Å²) in [5.74, 6) is 2.38. The van der Waals surface area contributed by atoms with Crippen molar-refractivity contribution in [1.82, 2.24) is 0 Å². The highest BCUT2D eigenvalue weighted by Crippen LogP contribution is 2.58. The second-order valence-corrected chi connectivity index (χ2v) is 27.0. The molecule has 90 heavy (non-hydrogen) atoms. The number of hydrogen-bond donors (Lipinski definition) is 0. The maximum atomic E-state index is 13.3. The zero-order chi connectivity index (χ0) is 60.6. The first-order chi connectivity index (χ1) is 44.1. The highest BCUT2D eigenvalue weighted by Gasteiger charge is 2.47. The SMILES string of the molecule is O=S(=O)(c1ccccc1)c1ccc(Oc2ccc3cc(C4(c5ccc(-c6ccc(C7(c8ccc9cc(Oc%10ccc(S(=O)(=O)c%11ccccc%11)cc%10)ccc9c8)c8ccccc8-c8ccccc87)cc6)cc5)c5ccccc5-c5ccccc54)ccc3c2)cc1. The van der Waals surface area contributed by atoms with Gasteiger partial charge in [-0.05, 0) is 209 Å². The minimum atomic E-state index is -3.66. The van der Waals surface area contributed by atoms with Crippen molar-refractivity contribution >= 4 is 41.2 Å². The Labute approximate surface area is 523 Å². The molecule has 0 amide bonds. The molecule has 14 aromatic carbocycles. The summed E-state index contributed by atoms with van der Waals surface area (Å²) >= 11 is 0. The molecule has 8 heteroatoms. The Bertz CT molecular complexity index is 4930. The summed E-state index contributed by atoms with van der Waals surface area (Å²) < 4.78 is 65.9. The number of fused-ring (bicyclic) bond motifs is 8. The minimum absolute atomic E-state index is 0.208. The average molecular weight is 1200 g/mol. The van der Waals surface area contributed by atoms with Gasteiger partial charge in [-0.1, -0.05) is 218 Å². The summed E-state index contributed by atoms with van der Waals surface area (Å²) in [6.45, 7) is 0. The molecule has 6 nitrogen and oxygen atoms in total. The van der Waals surface area contributed by atoms with Gasteiger partial charge in [0.1, 0.15) is 23.0 Å². The summed E-state index contributed by atoms with van der Waals surface area (Å²) in [6, 6.07) is 109. The molecule has 0 fully saturated rings. The predicted molar refractivity (Wildman–Crippen MR) is 358 cm³/mol. The van der Waals surface area contributed by atoms with E-state index in [1.165, 1.54) is 44.5 Å². The molecule has 2 aliphatic carbocycles. The molecule has 0 atom stereocenters. The smallest absolute Gasteiger partial charge is 0.206 e. The van der Waals surface area contributed by atoms with Crippen LogP contribution >= 0.6 is 0 Å². The molecular formula is C82H54O6S2. The van der Waals surface area contributed by atoms with E-state index in [1.54, 1.807) is 109 Å². The van der Waals surface area contributed by atoms with Crippen LogP contribution in [0.5, 0.6) is 23.0 Å². The van der Waals surface area contributed by atoms with E-state index in [0.29, 0.717) is 23.0 Å². The Morgan fingerprint density at radius 1 is 0.222 bits per heavy atom. The van der Waals surface area contributed by atoms with Gasteiger partial charge in [-0.25, -0.2) is 16.8 Å². The zero-order valence-electron chi connectivity index (χ0n) is 48.4. The van der Waals surface area contributed by atoms with Crippen molar-refractivity contribution in [2.75, 3.05) is 0 Å². The maximum absolute atomic E-state index is 13.3. The van der Waals surface area contributed by atoms with E-state index >= 15 is 0 Å². The number of benzene rings is 14. The molecule has 0 N–H and O–H groups in total. The van der Waals surface area contributed by atoms with E-state index in [4.69, 9.17) is 9.47 Å². The van der Waals surface area contributed by atoms with Gasteiger partial charge < -0.3 is 9.47 Å². The summed E-state index contributed by atoms with van der Waals surface area (Å²) in [5, 5.41) is 4.16. The van der Waals surface area contributed by atoms with Crippen molar-refractivity contribution in [3.8, 4) is 56.4 Å². The molecule has 0 aliphatic heterocycles. The number of hydrogen-bond acceptors (Lipinski definition) is 6. The number of ether oxygens (including phenoxy) is 2. The molecule has 0 spiro atoms. The van der Waals surface area contributed by atoms with E-state index in [1.807, 2.05) is 24.3 Å². The van der Waals surface area contributed by atoms with Crippen molar-refractivity contribution in [1.29, 1.82) is 0 Å². The largest absolute Gasteiger partial charge is 0.457 e. The lowest BCUT2D eigenvalue weighted by molar-refractivity contribution is 0.482. The number of sulfone groups is 2. The molecule has 16 rings (SSSR count). The lowest BCUT2D eigenvalue weighted by Gasteiger charge is -2.34. The highest BCUT2D eigenvalue weighted by atomic mass is 32.2. The van der Waals surface area contributed by atoms with Crippen LogP contribution in [0, 0.1) is 0 Å². The van der Waals surface area contributed by atoms with Crippen LogP contribution in [0.1, 0.15) is 44.5 Å². The van der Waals surface area contributed by atoms with Crippen molar-refractivity contribution in [3.63, 3.8) is 0 Å². The third-order valence-electron chi connectivity index (χ3n) is 18.2. The van der Waals surface area contributed by atoms with Gasteiger partial charge in [0, 0.05) is 0 Å². The summed E-state index contributed by atoms with van der Waals surface area (Å²) in [5.41, 5.74) is 15.4. The Kier molecular flexibility index (Phi) is 13.0. The summed E-state index contributed by atoms with van der Waals surface area (Å²) in [4.78, 5) is 0.914. The van der Waals surface area contributed by atoms with E-state index in [0.717, 1.165) is 54.9 Å².